The van der Waals surface area contributed by atoms with Crippen molar-refractivity contribution in [3.8, 4) is 5.88 Å². The predicted molar refractivity (Wildman–Crippen MR) is 77.5 cm³/mol. The van der Waals surface area contributed by atoms with Crippen LogP contribution in [0.15, 0.2) is 0 Å². The number of nitrogens with zero attached hydrogens (tertiary/aromatic N) is 2. The number of anilines is 1. The Morgan fingerprint density at radius 3 is 2.63 bits per heavy atom. The minimum atomic E-state index is -3.16. The smallest absolute Gasteiger partial charge is 0.230 e. The van der Waals surface area contributed by atoms with Gasteiger partial charge in [-0.1, -0.05) is 11.3 Å². The minimum absolute atomic E-state index is 0.0468. The van der Waals surface area contributed by atoms with Crippen LogP contribution in [-0.4, -0.2) is 54.0 Å². The maximum Gasteiger partial charge on any atom is 0.230 e. The van der Waals surface area contributed by atoms with Crippen molar-refractivity contribution in [3.63, 3.8) is 0 Å². The fourth-order valence-corrected chi connectivity index (χ4v) is 2.84. The van der Waals surface area contributed by atoms with Gasteiger partial charge in [0, 0.05) is 27.2 Å². The Balaban J connectivity index is 2.53. The number of methoxy groups -OCH3 is 1. The predicted octanol–water partition coefficient (Wildman–Crippen LogP) is -0.143. The SMILES string of the molecule is CNS(=O)(=O)CCNCc1sc(N(C)C)nc1OC. The van der Waals surface area contributed by atoms with E-state index in [0.717, 1.165) is 10.0 Å². The first kappa shape index (κ1) is 16.2. The highest BCUT2D eigenvalue weighted by molar-refractivity contribution is 7.89. The van der Waals surface area contributed by atoms with Gasteiger partial charge in [0.25, 0.3) is 0 Å². The monoisotopic (exact) mass is 308 g/mol. The topological polar surface area (TPSA) is 83.6 Å². The van der Waals surface area contributed by atoms with Crippen LogP contribution in [0.3, 0.4) is 0 Å². The molecular weight excluding hydrogens is 288 g/mol. The van der Waals surface area contributed by atoms with Crippen molar-refractivity contribution >= 4 is 26.5 Å². The molecule has 1 heterocycles. The van der Waals surface area contributed by atoms with Crippen molar-refractivity contribution in [3.05, 3.63) is 4.88 Å². The van der Waals surface area contributed by atoms with E-state index in [2.05, 4.69) is 15.0 Å². The van der Waals surface area contributed by atoms with Crippen LogP contribution in [0.25, 0.3) is 0 Å². The van der Waals surface area contributed by atoms with E-state index in [9.17, 15) is 8.42 Å². The van der Waals surface area contributed by atoms with Gasteiger partial charge >= 0.3 is 0 Å². The highest BCUT2D eigenvalue weighted by Gasteiger charge is 2.13. The standard InChI is InChI=1S/C10H20N4O3S2/c1-11-19(15,16)6-5-12-7-8-9(17-4)13-10(18-8)14(2)3/h11-12H,5-7H2,1-4H3. The molecule has 1 aromatic rings. The molecule has 19 heavy (non-hydrogen) atoms. The molecule has 1 aromatic heterocycles. The van der Waals surface area contributed by atoms with Crippen LogP contribution >= 0.6 is 11.3 Å². The van der Waals surface area contributed by atoms with Crippen molar-refractivity contribution in [1.29, 1.82) is 0 Å². The van der Waals surface area contributed by atoms with Crippen LogP contribution in [-0.2, 0) is 16.6 Å². The molecule has 2 N–H and O–H groups in total. The van der Waals surface area contributed by atoms with Gasteiger partial charge in [-0.05, 0) is 7.05 Å². The molecule has 0 aliphatic heterocycles. The molecule has 0 amide bonds. The zero-order valence-corrected chi connectivity index (χ0v) is 13.2. The molecule has 0 saturated heterocycles. The van der Waals surface area contributed by atoms with Crippen molar-refractivity contribution in [2.45, 2.75) is 6.54 Å². The molecule has 7 nitrogen and oxygen atoms in total. The zero-order chi connectivity index (χ0) is 14.5. The Labute approximate surface area is 118 Å². The second-order valence-corrected chi connectivity index (χ2v) is 7.13. The summed E-state index contributed by atoms with van der Waals surface area (Å²) in [6, 6.07) is 0. The van der Waals surface area contributed by atoms with E-state index in [1.807, 2.05) is 19.0 Å². The molecular formula is C10H20N4O3S2. The third kappa shape index (κ3) is 4.94. The second kappa shape index (κ2) is 7.04. The van der Waals surface area contributed by atoms with Crippen LogP contribution in [0.5, 0.6) is 5.88 Å². The van der Waals surface area contributed by atoms with Crippen LogP contribution in [0, 0.1) is 0 Å². The maximum absolute atomic E-state index is 11.2. The first-order valence-electron chi connectivity index (χ1n) is 5.72. The molecule has 0 unspecified atom stereocenters. The lowest BCUT2D eigenvalue weighted by atomic mass is 10.5. The summed E-state index contributed by atoms with van der Waals surface area (Å²) in [6.07, 6.45) is 0. The molecule has 1 rings (SSSR count). The van der Waals surface area contributed by atoms with Crippen LogP contribution < -0.4 is 19.7 Å². The van der Waals surface area contributed by atoms with E-state index in [1.165, 1.54) is 18.4 Å². The Bertz CT molecular complexity index is 499. The van der Waals surface area contributed by atoms with E-state index in [-0.39, 0.29) is 5.75 Å². The summed E-state index contributed by atoms with van der Waals surface area (Å²) in [5.41, 5.74) is 0. The lowest BCUT2D eigenvalue weighted by Gasteiger charge is -2.05. The summed E-state index contributed by atoms with van der Waals surface area (Å²) < 4.78 is 29.9. The fourth-order valence-electron chi connectivity index (χ4n) is 1.30. The third-order valence-corrected chi connectivity index (χ3v) is 4.94. The Morgan fingerprint density at radius 2 is 2.11 bits per heavy atom. The summed E-state index contributed by atoms with van der Waals surface area (Å²) >= 11 is 1.52. The maximum atomic E-state index is 11.2. The first-order chi connectivity index (χ1) is 8.89. The second-order valence-electron chi connectivity index (χ2n) is 4.02. The molecule has 0 fully saturated rings. The largest absolute Gasteiger partial charge is 0.480 e. The highest BCUT2D eigenvalue weighted by atomic mass is 32.2. The van der Waals surface area contributed by atoms with Gasteiger partial charge in [0.1, 0.15) is 0 Å². The Hall–Kier alpha value is -0.900. The number of aromatic nitrogens is 1. The Kier molecular flexibility index (Phi) is 5.98. The molecule has 0 atom stereocenters. The molecule has 110 valence electrons. The van der Waals surface area contributed by atoms with Crippen LogP contribution in [0.2, 0.25) is 0 Å². The zero-order valence-electron chi connectivity index (χ0n) is 11.6. The summed E-state index contributed by atoms with van der Waals surface area (Å²) in [6.45, 7) is 0.912. The van der Waals surface area contributed by atoms with Gasteiger partial charge < -0.3 is 15.0 Å². The summed E-state index contributed by atoms with van der Waals surface area (Å²) in [4.78, 5) is 7.18. The number of thiazole rings is 1. The number of sulfonamides is 1. The van der Waals surface area contributed by atoms with Gasteiger partial charge in [0.05, 0.1) is 17.7 Å². The molecule has 0 aromatic carbocycles. The number of ether oxygens (including phenoxy) is 1. The number of hydrogen-bond acceptors (Lipinski definition) is 7. The molecule has 0 aliphatic rings. The Morgan fingerprint density at radius 1 is 1.42 bits per heavy atom. The minimum Gasteiger partial charge on any atom is -0.480 e. The summed E-state index contributed by atoms with van der Waals surface area (Å²) in [5, 5.41) is 3.93. The van der Waals surface area contributed by atoms with Crippen molar-refractivity contribution in [2.24, 2.45) is 0 Å². The quantitative estimate of drug-likeness (QED) is 0.650. The average Bonchev–Trinajstić information content (AvgIpc) is 2.78. The fraction of sp³-hybridized carbons (Fsp3) is 0.700. The van der Waals surface area contributed by atoms with Gasteiger partial charge in [0.2, 0.25) is 15.9 Å². The van der Waals surface area contributed by atoms with Crippen LogP contribution in [0.4, 0.5) is 5.13 Å². The van der Waals surface area contributed by atoms with E-state index in [1.54, 1.807) is 7.11 Å². The summed E-state index contributed by atoms with van der Waals surface area (Å²) in [7, 11) is 3.64. The number of rotatable bonds is 8. The van der Waals surface area contributed by atoms with Gasteiger partial charge in [-0.2, -0.15) is 4.98 Å². The van der Waals surface area contributed by atoms with E-state index in [4.69, 9.17) is 4.74 Å². The van der Waals surface area contributed by atoms with Crippen LogP contribution in [0.1, 0.15) is 4.88 Å². The van der Waals surface area contributed by atoms with Crippen molar-refractivity contribution in [1.82, 2.24) is 15.0 Å². The van der Waals surface area contributed by atoms with Gasteiger partial charge in [0.15, 0.2) is 5.13 Å². The molecule has 0 saturated carbocycles. The molecule has 0 bridgehead atoms. The van der Waals surface area contributed by atoms with Gasteiger partial charge in [-0.25, -0.2) is 13.1 Å². The lowest BCUT2D eigenvalue weighted by molar-refractivity contribution is 0.395. The lowest BCUT2D eigenvalue weighted by Crippen LogP contribution is -2.29. The van der Waals surface area contributed by atoms with E-state index < -0.39 is 10.0 Å². The molecule has 0 spiro atoms. The van der Waals surface area contributed by atoms with E-state index in [0.29, 0.717) is 19.0 Å². The van der Waals surface area contributed by atoms with Gasteiger partial charge in [-0.15, -0.1) is 0 Å². The first-order valence-corrected chi connectivity index (χ1v) is 8.19. The average molecular weight is 308 g/mol. The van der Waals surface area contributed by atoms with Gasteiger partial charge in [-0.3, -0.25) is 0 Å². The highest BCUT2D eigenvalue weighted by Crippen LogP contribution is 2.29. The molecule has 9 heteroatoms. The molecule has 0 radical (unpaired) electrons. The summed E-state index contributed by atoms with van der Waals surface area (Å²) in [5.74, 6) is 0.628. The molecule has 0 aliphatic carbocycles. The third-order valence-electron chi connectivity index (χ3n) is 2.37. The van der Waals surface area contributed by atoms with Crippen molar-refractivity contribution < 1.29 is 13.2 Å². The number of hydrogen-bond donors (Lipinski definition) is 2. The van der Waals surface area contributed by atoms with E-state index >= 15 is 0 Å². The normalized spacial score (nSPS) is 11.6. The number of nitrogens with one attached hydrogen (secondary N) is 2. The van der Waals surface area contributed by atoms with Crippen molar-refractivity contribution in [2.75, 3.05) is 45.5 Å².